The van der Waals surface area contributed by atoms with Crippen LogP contribution >= 0.6 is 23.2 Å². The lowest BCUT2D eigenvalue weighted by atomic mass is 10.0. The van der Waals surface area contributed by atoms with Crippen molar-refractivity contribution < 1.29 is 50.8 Å². The molecule has 52 heavy (non-hydrogen) atoms. The van der Waals surface area contributed by atoms with Gasteiger partial charge in [-0.05, 0) is 93.7 Å². The van der Waals surface area contributed by atoms with E-state index in [4.69, 9.17) is 46.9 Å². The van der Waals surface area contributed by atoms with Gasteiger partial charge in [0.2, 0.25) is 0 Å². The normalized spacial score (nSPS) is 15.7. The summed E-state index contributed by atoms with van der Waals surface area (Å²) in [6.07, 6.45) is 5.61. The third-order valence-corrected chi connectivity index (χ3v) is 9.41. The maximum atomic E-state index is 13.9. The Balaban J connectivity index is 1.43. The third kappa shape index (κ3) is 12.0. The Hall–Kier alpha value is -3.56. The number of carbonyl (C=O) groups excluding carboxylic acids is 2. The van der Waals surface area contributed by atoms with E-state index in [0.29, 0.717) is 41.7 Å². The minimum atomic E-state index is -3.09. The van der Waals surface area contributed by atoms with Crippen molar-refractivity contribution in [2.24, 2.45) is 11.8 Å². The molecule has 0 radical (unpaired) electrons. The lowest BCUT2D eigenvalue weighted by molar-refractivity contribution is -0.155. The second kappa shape index (κ2) is 17.5. The summed E-state index contributed by atoms with van der Waals surface area (Å²) in [5.41, 5.74) is 0.498. The number of carbonyl (C=O) groups is 2. The molecule has 0 spiro atoms. The van der Waals surface area contributed by atoms with Gasteiger partial charge in [0.25, 0.3) is 0 Å². The SMILES string of the molecule is CC(C)(C)OC(=O)CN(Cc1ccc(C(=O)O[C@@H](Cc2c(Cl)cncc2Cl)c2ccc(OC(F)F)c(OCC3CC3)c2)cc1OCC1CC1)S(=O)[O-]. The van der Waals surface area contributed by atoms with E-state index in [1.807, 2.05) is 0 Å². The minimum Gasteiger partial charge on any atom is -0.760 e. The zero-order valence-corrected chi connectivity index (χ0v) is 31.1. The van der Waals surface area contributed by atoms with E-state index < -0.39 is 48.1 Å². The van der Waals surface area contributed by atoms with Crippen LogP contribution in [0.2, 0.25) is 10.0 Å². The van der Waals surface area contributed by atoms with E-state index >= 15 is 0 Å². The molecule has 3 aromatic rings. The lowest BCUT2D eigenvalue weighted by Crippen LogP contribution is -2.35. The molecule has 2 aromatic carbocycles. The summed E-state index contributed by atoms with van der Waals surface area (Å²) in [5.74, 6) is -0.747. The molecule has 0 N–H and O–H groups in total. The van der Waals surface area contributed by atoms with Crippen LogP contribution in [-0.4, -0.2) is 62.0 Å². The van der Waals surface area contributed by atoms with Crippen LogP contribution in [0.1, 0.15) is 79.6 Å². The van der Waals surface area contributed by atoms with Crippen molar-refractivity contribution >= 4 is 46.4 Å². The number of alkyl halides is 2. The summed E-state index contributed by atoms with van der Waals surface area (Å²) < 4.78 is 79.6. The van der Waals surface area contributed by atoms with Crippen molar-refractivity contribution in [1.82, 2.24) is 9.29 Å². The molecular formula is C36H39Cl2F2N2O9S-. The fourth-order valence-electron chi connectivity index (χ4n) is 5.07. The second-order valence-electron chi connectivity index (χ2n) is 13.7. The molecule has 0 saturated heterocycles. The monoisotopic (exact) mass is 783 g/mol. The highest BCUT2D eigenvalue weighted by Crippen LogP contribution is 2.38. The fourth-order valence-corrected chi connectivity index (χ4v) is 6.05. The van der Waals surface area contributed by atoms with Crippen molar-refractivity contribution in [1.29, 1.82) is 0 Å². The Kier molecular flexibility index (Phi) is 13.3. The number of halogens is 4. The minimum absolute atomic E-state index is 0.0128. The molecule has 2 saturated carbocycles. The predicted molar refractivity (Wildman–Crippen MR) is 187 cm³/mol. The highest BCUT2D eigenvalue weighted by molar-refractivity contribution is 7.76. The average molecular weight is 785 g/mol. The number of ether oxygens (including phenoxy) is 5. The van der Waals surface area contributed by atoms with Gasteiger partial charge in [-0.25, -0.2) is 9.10 Å². The summed E-state index contributed by atoms with van der Waals surface area (Å²) in [7, 11) is 0. The van der Waals surface area contributed by atoms with Crippen molar-refractivity contribution in [3.63, 3.8) is 0 Å². The molecule has 0 amide bonds. The van der Waals surface area contributed by atoms with Crippen LogP contribution in [0.25, 0.3) is 0 Å². The number of nitrogens with zero attached hydrogens (tertiary/aromatic N) is 2. The molecule has 1 aromatic heterocycles. The molecule has 2 aliphatic rings. The van der Waals surface area contributed by atoms with Gasteiger partial charge in [-0.3, -0.25) is 14.0 Å². The second-order valence-corrected chi connectivity index (χ2v) is 15.5. The Bertz CT molecular complexity index is 1750. The van der Waals surface area contributed by atoms with Gasteiger partial charge < -0.3 is 28.2 Å². The first-order valence-electron chi connectivity index (χ1n) is 16.7. The summed E-state index contributed by atoms with van der Waals surface area (Å²) in [6.45, 7) is 1.82. The van der Waals surface area contributed by atoms with Gasteiger partial charge in [0.1, 0.15) is 24.0 Å². The highest BCUT2D eigenvalue weighted by atomic mass is 35.5. The van der Waals surface area contributed by atoms with Crippen LogP contribution in [0.15, 0.2) is 48.8 Å². The first-order valence-corrected chi connectivity index (χ1v) is 18.5. The van der Waals surface area contributed by atoms with Gasteiger partial charge in [-0.15, -0.1) is 0 Å². The Morgan fingerprint density at radius 3 is 2.17 bits per heavy atom. The van der Waals surface area contributed by atoms with Gasteiger partial charge in [0, 0.05) is 42.2 Å². The Labute approximate surface area is 313 Å². The Morgan fingerprint density at radius 2 is 1.60 bits per heavy atom. The van der Waals surface area contributed by atoms with Crippen LogP contribution in [0.3, 0.4) is 0 Å². The predicted octanol–water partition coefficient (Wildman–Crippen LogP) is 7.65. The van der Waals surface area contributed by atoms with Crippen molar-refractivity contribution in [2.75, 3.05) is 19.8 Å². The maximum absolute atomic E-state index is 13.9. The topological polar surface area (TPSA) is 137 Å². The zero-order chi connectivity index (χ0) is 37.6. The number of rotatable bonds is 18. The molecule has 2 fully saturated rings. The lowest BCUT2D eigenvalue weighted by Gasteiger charge is -2.27. The first-order chi connectivity index (χ1) is 24.6. The molecule has 16 heteroatoms. The zero-order valence-electron chi connectivity index (χ0n) is 28.8. The van der Waals surface area contributed by atoms with Crippen LogP contribution in [0, 0.1) is 11.8 Å². The van der Waals surface area contributed by atoms with Crippen LogP contribution in [0.5, 0.6) is 17.2 Å². The molecule has 2 atom stereocenters. The fraction of sp³-hybridized carbons (Fsp3) is 0.472. The molecule has 11 nitrogen and oxygen atoms in total. The number of hydrogen-bond acceptors (Lipinski definition) is 10. The number of aromatic nitrogens is 1. The molecule has 0 bridgehead atoms. The van der Waals surface area contributed by atoms with Gasteiger partial charge in [-0.2, -0.15) is 8.78 Å². The number of pyridine rings is 1. The maximum Gasteiger partial charge on any atom is 0.387 e. The first kappa shape index (κ1) is 39.6. The quantitative estimate of drug-likeness (QED) is 0.0935. The average Bonchev–Trinajstić information content (AvgIpc) is 3.99. The number of esters is 2. The molecular weight excluding hydrogens is 745 g/mol. The summed E-state index contributed by atoms with van der Waals surface area (Å²) >= 11 is 10.1. The third-order valence-electron chi connectivity index (χ3n) is 8.08. The van der Waals surface area contributed by atoms with Gasteiger partial charge in [0.15, 0.2) is 11.5 Å². The van der Waals surface area contributed by atoms with Crippen molar-refractivity contribution in [3.8, 4) is 17.2 Å². The van der Waals surface area contributed by atoms with E-state index in [0.717, 1.165) is 30.0 Å². The number of hydrogen-bond donors (Lipinski definition) is 0. The van der Waals surface area contributed by atoms with E-state index in [1.165, 1.54) is 48.8 Å². The smallest absolute Gasteiger partial charge is 0.387 e. The Morgan fingerprint density at radius 1 is 0.962 bits per heavy atom. The van der Waals surface area contributed by atoms with Crippen molar-refractivity contribution in [2.45, 2.75) is 77.7 Å². The summed E-state index contributed by atoms with van der Waals surface area (Å²) in [5, 5.41) is 0.450. The molecule has 5 rings (SSSR count). The van der Waals surface area contributed by atoms with E-state index in [1.54, 1.807) is 20.8 Å². The number of benzene rings is 2. The highest BCUT2D eigenvalue weighted by Gasteiger charge is 2.28. The van der Waals surface area contributed by atoms with Crippen LogP contribution in [0.4, 0.5) is 8.78 Å². The summed E-state index contributed by atoms with van der Waals surface area (Å²) in [4.78, 5) is 30.3. The van der Waals surface area contributed by atoms with Crippen molar-refractivity contribution in [3.05, 3.63) is 81.1 Å². The van der Waals surface area contributed by atoms with Gasteiger partial charge >= 0.3 is 18.6 Å². The van der Waals surface area contributed by atoms with Gasteiger partial charge in [0.05, 0.1) is 28.8 Å². The molecule has 2 aliphatic carbocycles. The molecule has 1 unspecified atom stereocenters. The van der Waals surface area contributed by atoms with E-state index in [9.17, 15) is 27.1 Å². The molecule has 0 aliphatic heterocycles. The van der Waals surface area contributed by atoms with E-state index in [2.05, 4.69) is 4.98 Å². The molecule has 282 valence electrons. The largest absolute Gasteiger partial charge is 0.760 e. The van der Waals surface area contributed by atoms with E-state index in [-0.39, 0.29) is 45.8 Å². The van der Waals surface area contributed by atoms with Gasteiger partial charge in [-0.1, -0.05) is 35.3 Å². The molecule has 1 heterocycles. The van der Waals surface area contributed by atoms with Crippen LogP contribution < -0.4 is 14.2 Å². The summed E-state index contributed by atoms with van der Waals surface area (Å²) in [6, 6.07) is 8.72. The van der Waals surface area contributed by atoms with Crippen LogP contribution in [-0.2, 0) is 38.5 Å². The standard InChI is InChI=1S/C36H40Cl2F2N2O9S/c1-36(2,3)51-33(43)18-42(52(45)46)17-25-9-8-24(13-30(25)47-19-21-4-5-21)34(44)49-31(14-26-27(37)15-41-16-28(26)38)23-10-11-29(50-35(39)40)32(12-23)48-20-22-6-7-22/h8-13,15-16,21-22,31,35H,4-7,14,17-20H2,1-3H3,(H,45,46)/p-1/t31-/m0/s1.